The summed E-state index contributed by atoms with van der Waals surface area (Å²) in [4.78, 5) is 16.7. The van der Waals surface area contributed by atoms with E-state index in [9.17, 15) is 4.79 Å². The molecule has 1 saturated heterocycles. The number of benzene rings is 2. The van der Waals surface area contributed by atoms with Gasteiger partial charge in [-0.3, -0.25) is 9.69 Å². The first-order valence-corrected chi connectivity index (χ1v) is 8.76. The minimum absolute atomic E-state index is 0.00469. The fourth-order valence-corrected chi connectivity index (χ4v) is 3.07. The SMILES string of the molecule is Nc1ccccc1C(=O)N1CCN(CCOc2ccccc2Cl)CC1. The Balaban J connectivity index is 1.45. The standard InChI is InChI=1S/C19H22ClN3O2/c20-16-6-2-4-8-18(16)25-14-13-22-9-11-23(12-10-22)19(24)15-5-1-3-7-17(15)21/h1-8H,9-14,21H2. The minimum atomic E-state index is 0.00469. The van der Waals surface area contributed by atoms with Crippen molar-refractivity contribution in [3.63, 3.8) is 0 Å². The van der Waals surface area contributed by atoms with Gasteiger partial charge in [-0.15, -0.1) is 0 Å². The van der Waals surface area contributed by atoms with Crippen LogP contribution in [0.25, 0.3) is 0 Å². The van der Waals surface area contributed by atoms with Gasteiger partial charge in [0.25, 0.3) is 5.91 Å². The van der Waals surface area contributed by atoms with E-state index in [1.807, 2.05) is 41.3 Å². The number of carbonyl (C=O) groups is 1. The largest absolute Gasteiger partial charge is 0.491 e. The molecule has 0 aliphatic carbocycles. The predicted octanol–water partition coefficient (Wildman–Crippen LogP) is 2.76. The van der Waals surface area contributed by atoms with Crippen molar-refractivity contribution in [1.82, 2.24) is 9.80 Å². The molecule has 132 valence electrons. The van der Waals surface area contributed by atoms with Crippen LogP contribution in [0.1, 0.15) is 10.4 Å². The van der Waals surface area contributed by atoms with Crippen molar-refractivity contribution in [3.05, 3.63) is 59.1 Å². The number of hydrogen-bond acceptors (Lipinski definition) is 4. The molecule has 0 atom stereocenters. The van der Waals surface area contributed by atoms with Gasteiger partial charge in [-0.25, -0.2) is 0 Å². The Bertz CT molecular complexity index is 730. The zero-order valence-electron chi connectivity index (χ0n) is 14.0. The highest BCUT2D eigenvalue weighted by Gasteiger charge is 2.23. The number of halogens is 1. The average Bonchev–Trinajstić information content (AvgIpc) is 2.64. The number of amides is 1. The molecule has 2 N–H and O–H groups in total. The number of nitrogens with two attached hydrogens (primary N) is 1. The molecule has 1 fully saturated rings. The molecule has 0 saturated carbocycles. The fraction of sp³-hybridized carbons (Fsp3) is 0.316. The van der Waals surface area contributed by atoms with E-state index in [1.54, 1.807) is 12.1 Å². The minimum Gasteiger partial charge on any atom is -0.491 e. The maximum atomic E-state index is 12.6. The van der Waals surface area contributed by atoms with E-state index >= 15 is 0 Å². The van der Waals surface area contributed by atoms with Crippen LogP contribution in [0, 0.1) is 0 Å². The van der Waals surface area contributed by atoms with Crippen LogP contribution < -0.4 is 10.5 Å². The van der Waals surface area contributed by atoms with Gasteiger partial charge in [0.2, 0.25) is 0 Å². The van der Waals surface area contributed by atoms with Crippen LogP contribution >= 0.6 is 11.6 Å². The van der Waals surface area contributed by atoms with Crippen LogP contribution in [0.5, 0.6) is 5.75 Å². The summed E-state index contributed by atoms with van der Waals surface area (Å²) < 4.78 is 5.73. The molecule has 2 aromatic carbocycles. The first-order valence-electron chi connectivity index (χ1n) is 8.38. The van der Waals surface area contributed by atoms with Gasteiger partial charge in [0.05, 0.1) is 10.6 Å². The van der Waals surface area contributed by atoms with Crippen molar-refractivity contribution >= 4 is 23.2 Å². The Morgan fingerprint density at radius 1 is 1.04 bits per heavy atom. The predicted molar refractivity (Wildman–Crippen MR) is 100 cm³/mol. The molecule has 1 heterocycles. The van der Waals surface area contributed by atoms with Crippen molar-refractivity contribution in [1.29, 1.82) is 0 Å². The number of hydrogen-bond donors (Lipinski definition) is 1. The van der Waals surface area contributed by atoms with Crippen LogP contribution in [-0.4, -0.2) is 55.0 Å². The van der Waals surface area contributed by atoms with Gasteiger partial charge in [0.15, 0.2) is 0 Å². The summed E-state index contributed by atoms with van der Waals surface area (Å²) in [6.45, 7) is 4.41. The van der Waals surface area contributed by atoms with Crippen molar-refractivity contribution in [2.75, 3.05) is 45.1 Å². The highest BCUT2D eigenvalue weighted by Crippen LogP contribution is 2.23. The third-order valence-electron chi connectivity index (χ3n) is 4.35. The molecule has 2 aromatic rings. The molecular weight excluding hydrogens is 338 g/mol. The van der Waals surface area contributed by atoms with E-state index in [1.165, 1.54) is 0 Å². The molecule has 0 spiro atoms. The second-order valence-electron chi connectivity index (χ2n) is 6.00. The van der Waals surface area contributed by atoms with Crippen LogP contribution in [-0.2, 0) is 0 Å². The van der Waals surface area contributed by atoms with E-state index in [-0.39, 0.29) is 5.91 Å². The summed E-state index contributed by atoms with van der Waals surface area (Å²) >= 11 is 6.08. The average molecular weight is 360 g/mol. The van der Waals surface area contributed by atoms with Crippen LogP contribution in [0.3, 0.4) is 0 Å². The molecule has 25 heavy (non-hydrogen) atoms. The normalized spacial score (nSPS) is 15.2. The lowest BCUT2D eigenvalue weighted by Gasteiger charge is -2.34. The second kappa shape index (κ2) is 8.23. The van der Waals surface area contributed by atoms with E-state index in [2.05, 4.69) is 4.90 Å². The van der Waals surface area contributed by atoms with E-state index < -0.39 is 0 Å². The highest BCUT2D eigenvalue weighted by atomic mass is 35.5. The number of para-hydroxylation sites is 2. The van der Waals surface area contributed by atoms with Gasteiger partial charge in [-0.2, -0.15) is 0 Å². The molecule has 0 radical (unpaired) electrons. The van der Waals surface area contributed by atoms with E-state index in [4.69, 9.17) is 22.1 Å². The maximum absolute atomic E-state index is 12.6. The van der Waals surface area contributed by atoms with Crippen molar-refractivity contribution in [2.45, 2.75) is 0 Å². The van der Waals surface area contributed by atoms with Crippen LogP contribution in [0.4, 0.5) is 5.69 Å². The molecule has 1 aliphatic rings. The smallest absolute Gasteiger partial charge is 0.256 e. The van der Waals surface area contributed by atoms with E-state index in [0.717, 1.165) is 19.6 Å². The zero-order valence-corrected chi connectivity index (χ0v) is 14.8. The topological polar surface area (TPSA) is 58.8 Å². The third kappa shape index (κ3) is 4.44. The summed E-state index contributed by atoms with van der Waals surface area (Å²) in [5.74, 6) is 0.711. The Kier molecular flexibility index (Phi) is 5.79. The van der Waals surface area contributed by atoms with Crippen LogP contribution in [0.15, 0.2) is 48.5 Å². The summed E-state index contributed by atoms with van der Waals surface area (Å²) in [6.07, 6.45) is 0. The molecule has 6 heteroatoms. The number of nitrogen functional groups attached to an aromatic ring is 1. The second-order valence-corrected chi connectivity index (χ2v) is 6.41. The van der Waals surface area contributed by atoms with Gasteiger partial charge in [-0.05, 0) is 24.3 Å². The van der Waals surface area contributed by atoms with Gasteiger partial charge in [-0.1, -0.05) is 35.9 Å². The molecule has 5 nitrogen and oxygen atoms in total. The summed E-state index contributed by atoms with van der Waals surface area (Å²) in [5, 5.41) is 0.623. The lowest BCUT2D eigenvalue weighted by Crippen LogP contribution is -2.49. The fourth-order valence-electron chi connectivity index (χ4n) is 2.88. The number of anilines is 1. The maximum Gasteiger partial charge on any atom is 0.256 e. The molecule has 3 rings (SSSR count). The number of ether oxygens (including phenoxy) is 1. The van der Waals surface area contributed by atoms with Gasteiger partial charge in [0, 0.05) is 38.4 Å². The number of nitrogens with zero attached hydrogens (tertiary/aromatic N) is 2. The number of rotatable bonds is 5. The van der Waals surface area contributed by atoms with Gasteiger partial charge >= 0.3 is 0 Å². The van der Waals surface area contributed by atoms with Crippen molar-refractivity contribution < 1.29 is 9.53 Å². The van der Waals surface area contributed by atoms with E-state index in [0.29, 0.717) is 41.7 Å². The number of piperazine rings is 1. The molecule has 0 unspecified atom stereocenters. The Morgan fingerprint density at radius 3 is 2.44 bits per heavy atom. The summed E-state index contributed by atoms with van der Waals surface area (Å²) in [6, 6.07) is 14.7. The third-order valence-corrected chi connectivity index (χ3v) is 4.66. The summed E-state index contributed by atoms with van der Waals surface area (Å²) in [5.41, 5.74) is 7.02. The van der Waals surface area contributed by atoms with Crippen molar-refractivity contribution in [3.8, 4) is 5.75 Å². The first-order chi connectivity index (χ1) is 12.1. The molecule has 1 aliphatic heterocycles. The van der Waals surface area contributed by atoms with Crippen molar-refractivity contribution in [2.24, 2.45) is 0 Å². The Hall–Kier alpha value is -2.24. The first kappa shape index (κ1) is 17.6. The molecular formula is C19H22ClN3O2. The quantitative estimate of drug-likeness (QED) is 0.834. The number of carbonyl (C=O) groups excluding carboxylic acids is 1. The molecule has 1 amide bonds. The Labute approximate surface area is 152 Å². The van der Waals surface area contributed by atoms with Gasteiger partial charge in [0.1, 0.15) is 12.4 Å². The lowest BCUT2D eigenvalue weighted by molar-refractivity contribution is 0.0621. The summed E-state index contributed by atoms with van der Waals surface area (Å²) in [7, 11) is 0. The zero-order chi connectivity index (χ0) is 17.6. The highest BCUT2D eigenvalue weighted by molar-refractivity contribution is 6.32. The van der Waals surface area contributed by atoms with Gasteiger partial charge < -0.3 is 15.4 Å². The molecule has 0 bridgehead atoms. The lowest BCUT2D eigenvalue weighted by atomic mass is 10.1. The monoisotopic (exact) mass is 359 g/mol. The van der Waals surface area contributed by atoms with Crippen LogP contribution in [0.2, 0.25) is 5.02 Å². The Morgan fingerprint density at radius 2 is 1.72 bits per heavy atom. The molecule has 0 aromatic heterocycles.